The number of unbranched alkanes of at least 4 members (excludes halogenated alkanes) is 23. The van der Waals surface area contributed by atoms with Crippen LogP contribution in [-0.4, -0.2) is 61.3 Å². The van der Waals surface area contributed by atoms with Crippen molar-refractivity contribution in [2.75, 3.05) is 39.3 Å². The van der Waals surface area contributed by atoms with E-state index in [1.165, 1.54) is 161 Å². The summed E-state index contributed by atoms with van der Waals surface area (Å²) < 4.78 is 0. The smallest absolute Gasteiger partial charge is 0.221 e. The van der Waals surface area contributed by atoms with Gasteiger partial charge in [0.2, 0.25) is 5.91 Å². The number of amides is 1. The third kappa shape index (κ3) is 35.8. The highest BCUT2D eigenvalue weighted by atomic mass is 16.3. The predicted molar refractivity (Wildman–Crippen MR) is 199 cm³/mol. The first-order chi connectivity index (χ1) is 22.1. The molecule has 0 heterocycles. The van der Waals surface area contributed by atoms with Gasteiger partial charge < -0.3 is 20.6 Å². The summed E-state index contributed by atoms with van der Waals surface area (Å²) in [7, 11) is 0. The van der Waals surface area contributed by atoms with Crippen molar-refractivity contribution in [2.45, 2.75) is 200 Å². The van der Waals surface area contributed by atoms with Crippen LogP contribution in [0.15, 0.2) is 12.2 Å². The quantitative estimate of drug-likeness (QED) is 0.0469. The molecule has 0 aliphatic carbocycles. The van der Waals surface area contributed by atoms with E-state index in [4.69, 9.17) is 0 Å². The maximum atomic E-state index is 12.1. The van der Waals surface area contributed by atoms with Crippen LogP contribution in [0.5, 0.6) is 0 Å². The number of carbonyl (C=O) groups is 1. The molecule has 0 aromatic carbocycles. The summed E-state index contributed by atoms with van der Waals surface area (Å²) in [5.41, 5.74) is 0. The molecule has 0 fully saturated rings. The van der Waals surface area contributed by atoms with Crippen LogP contribution >= 0.6 is 0 Å². The Morgan fingerprint density at radius 3 is 1.53 bits per heavy atom. The zero-order chi connectivity index (χ0) is 32.9. The van der Waals surface area contributed by atoms with Gasteiger partial charge in [-0.2, -0.15) is 0 Å². The van der Waals surface area contributed by atoms with Crippen LogP contribution in [0.4, 0.5) is 0 Å². The van der Waals surface area contributed by atoms with Crippen LogP contribution < -0.4 is 10.6 Å². The molecule has 0 bridgehead atoms. The van der Waals surface area contributed by atoms with Crippen LogP contribution in [0.25, 0.3) is 0 Å². The number of rotatable bonds is 37. The molecule has 0 rings (SSSR count). The molecule has 5 heteroatoms. The molecule has 0 aliphatic heterocycles. The first-order valence-electron chi connectivity index (χ1n) is 20.2. The monoisotopic (exact) mass is 636 g/mol. The molecule has 1 atom stereocenters. The molecule has 1 amide bonds. The summed E-state index contributed by atoms with van der Waals surface area (Å²) in [6, 6.07) is 0. The Bertz CT molecular complexity index is 612. The SMILES string of the molecule is CCCCCCCC/C=C/CCCCCCCCNC(=O)CCNCC(O)CN(CC)CCCCCCCCCCCCCC. The number of aliphatic hydroxyl groups excluding tert-OH is 1. The van der Waals surface area contributed by atoms with Gasteiger partial charge in [-0.25, -0.2) is 0 Å². The van der Waals surface area contributed by atoms with Crippen LogP contribution in [0.3, 0.4) is 0 Å². The van der Waals surface area contributed by atoms with Crippen molar-refractivity contribution in [1.82, 2.24) is 15.5 Å². The van der Waals surface area contributed by atoms with Crippen LogP contribution in [-0.2, 0) is 4.79 Å². The molecule has 268 valence electrons. The average Bonchev–Trinajstić information content (AvgIpc) is 3.04. The number of nitrogens with one attached hydrogen (secondary N) is 2. The van der Waals surface area contributed by atoms with Crippen molar-refractivity contribution in [3.05, 3.63) is 12.2 Å². The van der Waals surface area contributed by atoms with Gasteiger partial charge >= 0.3 is 0 Å². The van der Waals surface area contributed by atoms with Gasteiger partial charge in [-0.15, -0.1) is 0 Å². The highest BCUT2D eigenvalue weighted by Gasteiger charge is 2.10. The zero-order valence-corrected chi connectivity index (χ0v) is 30.9. The number of allylic oxidation sites excluding steroid dienone is 2. The fourth-order valence-electron chi connectivity index (χ4n) is 6.08. The van der Waals surface area contributed by atoms with Crippen LogP contribution in [0.1, 0.15) is 194 Å². The summed E-state index contributed by atoms with van der Waals surface area (Å²) >= 11 is 0. The molecule has 5 nitrogen and oxygen atoms in total. The van der Waals surface area contributed by atoms with E-state index >= 15 is 0 Å². The van der Waals surface area contributed by atoms with Gasteiger partial charge in [0.05, 0.1) is 6.10 Å². The van der Waals surface area contributed by atoms with Crippen molar-refractivity contribution >= 4 is 5.91 Å². The fourth-order valence-corrected chi connectivity index (χ4v) is 6.08. The summed E-state index contributed by atoms with van der Waals surface area (Å²) in [5.74, 6) is 0.117. The number of hydrogen-bond acceptors (Lipinski definition) is 4. The summed E-state index contributed by atoms with van der Waals surface area (Å²) in [4.78, 5) is 14.5. The summed E-state index contributed by atoms with van der Waals surface area (Å²) in [6.07, 6.45) is 39.6. The summed E-state index contributed by atoms with van der Waals surface area (Å²) in [6.45, 7) is 11.5. The average molecular weight is 636 g/mol. The Morgan fingerprint density at radius 2 is 1.04 bits per heavy atom. The first-order valence-corrected chi connectivity index (χ1v) is 20.2. The van der Waals surface area contributed by atoms with E-state index in [2.05, 4.69) is 48.5 Å². The van der Waals surface area contributed by atoms with E-state index in [0.29, 0.717) is 26.1 Å². The molecule has 0 aliphatic rings. The van der Waals surface area contributed by atoms with E-state index in [1.807, 2.05) is 0 Å². The molecule has 0 aromatic heterocycles. The van der Waals surface area contributed by atoms with E-state index in [-0.39, 0.29) is 12.0 Å². The molecule has 1 unspecified atom stereocenters. The van der Waals surface area contributed by atoms with Gasteiger partial charge in [0.1, 0.15) is 0 Å². The maximum Gasteiger partial charge on any atom is 0.221 e. The van der Waals surface area contributed by atoms with Gasteiger partial charge in [-0.05, 0) is 51.6 Å². The Labute approximate surface area is 282 Å². The number of likely N-dealkylation sites (N-methyl/N-ethyl adjacent to an activating group) is 1. The van der Waals surface area contributed by atoms with E-state index in [9.17, 15) is 9.90 Å². The second-order valence-corrected chi connectivity index (χ2v) is 13.7. The maximum absolute atomic E-state index is 12.1. The van der Waals surface area contributed by atoms with Crippen LogP contribution in [0, 0.1) is 0 Å². The van der Waals surface area contributed by atoms with Crippen molar-refractivity contribution in [3.8, 4) is 0 Å². The lowest BCUT2D eigenvalue weighted by Crippen LogP contribution is -2.39. The molecule has 0 aromatic rings. The van der Waals surface area contributed by atoms with Gasteiger partial charge in [0, 0.05) is 32.6 Å². The molecule has 0 radical (unpaired) electrons. The van der Waals surface area contributed by atoms with Crippen molar-refractivity contribution in [2.24, 2.45) is 0 Å². The normalized spacial score (nSPS) is 12.5. The van der Waals surface area contributed by atoms with E-state index in [0.717, 1.165) is 26.1 Å². The summed E-state index contributed by atoms with van der Waals surface area (Å²) in [5, 5.41) is 16.8. The Kier molecular flexibility index (Phi) is 36.8. The van der Waals surface area contributed by atoms with Crippen LogP contribution in [0.2, 0.25) is 0 Å². The predicted octanol–water partition coefficient (Wildman–Crippen LogP) is 10.5. The third-order valence-electron chi connectivity index (χ3n) is 9.16. The zero-order valence-electron chi connectivity index (χ0n) is 30.9. The Morgan fingerprint density at radius 1 is 0.600 bits per heavy atom. The second-order valence-electron chi connectivity index (χ2n) is 13.7. The molecule has 0 saturated carbocycles. The minimum absolute atomic E-state index is 0.117. The van der Waals surface area contributed by atoms with Crippen molar-refractivity contribution < 1.29 is 9.90 Å². The molecule has 0 spiro atoms. The lowest BCUT2D eigenvalue weighted by Gasteiger charge is -2.23. The highest BCUT2D eigenvalue weighted by molar-refractivity contribution is 5.75. The fraction of sp³-hybridized carbons (Fsp3) is 0.925. The van der Waals surface area contributed by atoms with Gasteiger partial charge in [-0.3, -0.25) is 4.79 Å². The molecule has 0 saturated heterocycles. The first kappa shape index (κ1) is 44.1. The van der Waals surface area contributed by atoms with Crippen molar-refractivity contribution in [3.63, 3.8) is 0 Å². The number of hydrogen-bond donors (Lipinski definition) is 3. The third-order valence-corrected chi connectivity index (χ3v) is 9.16. The van der Waals surface area contributed by atoms with E-state index in [1.54, 1.807) is 0 Å². The molecular formula is C40H81N3O2. The second kappa shape index (κ2) is 37.5. The topological polar surface area (TPSA) is 64.6 Å². The number of nitrogens with zero attached hydrogens (tertiary/aromatic N) is 1. The van der Waals surface area contributed by atoms with Gasteiger partial charge in [0.25, 0.3) is 0 Å². The lowest BCUT2D eigenvalue weighted by molar-refractivity contribution is -0.121. The lowest BCUT2D eigenvalue weighted by atomic mass is 10.1. The van der Waals surface area contributed by atoms with E-state index < -0.39 is 0 Å². The largest absolute Gasteiger partial charge is 0.390 e. The van der Waals surface area contributed by atoms with Crippen molar-refractivity contribution in [1.29, 1.82) is 0 Å². The minimum atomic E-state index is -0.383. The Hall–Kier alpha value is -0.910. The standard InChI is InChI=1S/C40H81N3O2/c1-4-7-9-11-13-15-17-19-20-21-22-23-25-27-29-31-34-42-40(45)33-35-41-37-39(44)38-43(6-3)36-32-30-28-26-24-18-16-14-12-10-8-5-2/h19-20,39,41,44H,4-18,21-38H2,1-3H3,(H,42,45)/b20-19+. The molecule has 3 N–H and O–H groups in total. The Balaban J connectivity index is 3.49. The minimum Gasteiger partial charge on any atom is -0.390 e. The number of carbonyl (C=O) groups excluding carboxylic acids is 1. The molecule has 45 heavy (non-hydrogen) atoms. The number of aliphatic hydroxyl groups is 1. The molecular weight excluding hydrogens is 554 g/mol. The van der Waals surface area contributed by atoms with Gasteiger partial charge in [0.15, 0.2) is 0 Å². The van der Waals surface area contributed by atoms with Gasteiger partial charge in [-0.1, -0.05) is 161 Å². The highest BCUT2D eigenvalue weighted by Crippen LogP contribution is 2.13.